The number of carboxylic acid groups (broad SMARTS) is 3. The van der Waals surface area contributed by atoms with Gasteiger partial charge in [-0.15, -0.1) is 0 Å². The number of carbonyl (C=O) groups is 4. The molecule has 0 aliphatic heterocycles. The van der Waals surface area contributed by atoms with Crippen molar-refractivity contribution in [3.05, 3.63) is 49.1 Å². The molecule has 0 rings (SSSR count). The number of amides is 1. The van der Waals surface area contributed by atoms with E-state index in [9.17, 15) is 19.2 Å². The molecule has 30 heavy (non-hydrogen) atoms. The molecule has 0 fully saturated rings. The lowest BCUT2D eigenvalue weighted by molar-refractivity contribution is -0.133. The fourth-order valence-corrected chi connectivity index (χ4v) is 0.343. The summed E-state index contributed by atoms with van der Waals surface area (Å²) in [5.41, 5.74) is 0.528. The zero-order valence-electron chi connectivity index (χ0n) is 18.3. The number of hydrogen-bond acceptors (Lipinski definition) is 6. The number of aliphatic hydroxyl groups is 2. The molecule has 10 heteroatoms. The van der Waals surface area contributed by atoms with Crippen LogP contribution in [0.25, 0.3) is 0 Å². The second kappa shape index (κ2) is 25.8. The number of rotatable bonds is 6. The van der Waals surface area contributed by atoms with E-state index in [1.54, 1.807) is 0 Å². The first kappa shape index (κ1) is 37.5. The van der Waals surface area contributed by atoms with Gasteiger partial charge in [-0.1, -0.05) is 26.3 Å². The molecule has 0 spiro atoms. The fourth-order valence-electron chi connectivity index (χ4n) is 0.343. The maximum Gasteiger partial charge on any atom is 0.330 e. The molecule has 10 nitrogen and oxygen atoms in total. The quantitative estimate of drug-likeness (QED) is 0.339. The molecule has 0 atom stereocenters. The number of aliphatic carboxylic acids is 3. The van der Waals surface area contributed by atoms with E-state index in [1.165, 1.54) is 26.8 Å². The fraction of sp³-hybridized carbons (Fsp3) is 0.400. The molecule has 0 bridgehead atoms. The van der Waals surface area contributed by atoms with Gasteiger partial charge in [-0.05, 0) is 40.7 Å². The van der Waals surface area contributed by atoms with Gasteiger partial charge in [0.25, 0.3) is 0 Å². The summed E-state index contributed by atoms with van der Waals surface area (Å²) in [5, 5.41) is 41.6. The molecule has 0 aliphatic rings. The maximum absolute atomic E-state index is 10.4. The minimum atomic E-state index is -0.935. The van der Waals surface area contributed by atoms with E-state index in [-0.39, 0.29) is 41.9 Å². The van der Waals surface area contributed by atoms with Gasteiger partial charge in [-0.2, -0.15) is 0 Å². The first-order valence-electron chi connectivity index (χ1n) is 8.32. The average Bonchev–Trinajstić information content (AvgIpc) is 2.62. The third kappa shape index (κ3) is 56.3. The van der Waals surface area contributed by atoms with Crippen LogP contribution in [0.5, 0.6) is 0 Å². The molecule has 0 aromatic rings. The van der Waals surface area contributed by atoms with Gasteiger partial charge >= 0.3 is 17.9 Å². The molecule has 0 heterocycles. The minimum Gasteiger partial charge on any atom is -0.478 e. The van der Waals surface area contributed by atoms with Crippen molar-refractivity contribution in [1.29, 1.82) is 0 Å². The molecule has 0 aromatic carbocycles. The normalized spacial score (nSPS) is 7.87. The summed E-state index contributed by atoms with van der Waals surface area (Å²) in [6.07, 6.45) is 1.26. The van der Waals surface area contributed by atoms with Gasteiger partial charge in [0.15, 0.2) is 0 Å². The molecule has 0 radical (unpaired) electrons. The van der Waals surface area contributed by atoms with Gasteiger partial charge < -0.3 is 30.8 Å². The van der Waals surface area contributed by atoms with Gasteiger partial charge in [-0.3, -0.25) is 4.79 Å². The lowest BCUT2D eigenvalue weighted by Gasteiger charge is -2.02. The molecule has 0 saturated heterocycles. The summed E-state index contributed by atoms with van der Waals surface area (Å²) < 4.78 is 0. The van der Waals surface area contributed by atoms with E-state index in [2.05, 4.69) is 31.6 Å². The van der Waals surface area contributed by atoms with Crippen LogP contribution in [0.1, 0.15) is 34.6 Å². The Morgan fingerprint density at radius 2 is 0.967 bits per heavy atom. The van der Waals surface area contributed by atoms with E-state index in [0.29, 0.717) is 0 Å². The van der Waals surface area contributed by atoms with Crippen LogP contribution in [0, 0.1) is 0 Å². The number of carbonyl (C=O) groups excluding carboxylic acids is 1. The largest absolute Gasteiger partial charge is 0.478 e. The zero-order valence-corrected chi connectivity index (χ0v) is 18.3. The van der Waals surface area contributed by atoms with Crippen LogP contribution in [0.15, 0.2) is 49.1 Å². The van der Waals surface area contributed by atoms with Gasteiger partial charge in [0.05, 0.1) is 13.2 Å². The number of aliphatic hydroxyl groups excluding tert-OH is 2. The Kier molecular flexibility index (Phi) is 32.2. The Balaban J connectivity index is -0.0000000882. The van der Waals surface area contributed by atoms with Crippen LogP contribution in [-0.2, 0) is 19.2 Å². The summed E-state index contributed by atoms with van der Waals surface area (Å²) in [4.78, 5) is 39.2. The van der Waals surface area contributed by atoms with Crippen molar-refractivity contribution in [1.82, 2.24) is 5.32 Å². The van der Waals surface area contributed by atoms with Crippen LogP contribution < -0.4 is 5.32 Å². The summed E-state index contributed by atoms with van der Waals surface area (Å²) in [6, 6.07) is 0.209. The highest BCUT2D eigenvalue weighted by Crippen LogP contribution is 1.82. The average molecular weight is 433 g/mol. The molecular weight excluding hydrogens is 398 g/mol. The van der Waals surface area contributed by atoms with E-state index < -0.39 is 17.9 Å². The maximum atomic E-state index is 10.4. The summed E-state index contributed by atoms with van der Waals surface area (Å²) in [6.45, 7) is 20.7. The van der Waals surface area contributed by atoms with Gasteiger partial charge in [0, 0.05) is 22.8 Å². The Bertz CT molecular complexity index is 484. The third-order valence-corrected chi connectivity index (χ3v) is 1.81. The van der Waals surface area contributed by atoms with Crippen molar-refractivity contribution in [2.45, 2.75) is 40.7 Å². The van der Waals surface area contributed by atoms with Gasteiger partial charge in [0.1, 0.15) is 0 Å². The smallest absolute Gasteiger partial charge is 0.330 e. The molecule has 1 amide bonds. The Labute approximate surface area is 177 Å². The highest BCUT2D eigenvalue weighted by molar-refractivity contribution is 5.87. The molecule has 0 aliphatic carbocycles. The highest BCUT2D eigenvalue weighted by Gasteiger charge is 1.94. The monoisotopic (exact) mass is 433 g/mol. The number of carboxylic acids is 3. The Hall–Kier alpha value is -3.24. The molecule has 174 valence electrons. The number of hydrogen-bond donors (Lipinski definition) is 6. The van der Waals surface area contributed by atoms with E-state index in [4.69, 9.17) is 25.5 Å². The van der Waals surface area contributed by atoms with E-state index in [1.807, 2.05) is 13.8 Å². The third-order valence-electron chi connectivity index (χ3n) is 1.81. The molecule has 0 saturated carbocycles. The topological polar surface area (TPSA) is 181 Å². The van der Waals surface area contributed by atoms with Crippen LogP contribution in [0.3, 0.4) is 0 Å². The summed E-state index contributed by atoms with van der Waals surface area (Å²) >= 11 is 0. The standard InChI is InChI=1S/C6H11NO.3C4H6O2.C2H6O2/c1-4-6(8)7-5(2)3;3*1-3(2)4(5)6;3-1-2-4/h4-5H,1H2,2-3H3,(H,7,8);3*1H2,2H3,(H,5,6);3-4H,1-2H2. The molecule has 0 unspecified atom stereocenters. The van der Waals surface area contributed by atoms with Crippen LogP contribution in [0.2, 0.25) is 0 Å². The van der Waals surface area contributed by atoms with Gasteiger partial charge in [-0.25, -0.2) is 14.4 Å². The van der Waals surface area contributed by atoms with E-state index in [0.717, 1.165) is 0 Å². The van der Waals surface area contributed by atoms with Crippen LogP contribution >= 0.6 is 0 Å². The Morgan fingerprint density at radius 1 is 0.767 bits per heavy atom. The predicted octanol–water partition coefficient (Wildman–Crippen LogP) is 1.61. The highest BCUT2D eigenvalue weighted by atomic mass is 16.4. The molecular formula is C20H35NO9. The van der Waals surface area contributed by atoms with Crippen molar-refractivity contribution in [2.75, 3.05) is 13.2 Å². The lowest BCUT2D eigenvalue weighted by atomic mass is 10.4. The second-order valence-electron chi connectivity index (χ2n) is 5.57. The van der Waals surface area contributed by atoms with Crippen LogP contribution in [0.4, 0.5) is 0 Å². The first-order chi connectivity index (χ1) is 13.5. The van der Waals surface area contributed by atoms with Crippen molar-refractivity contribution < 1.29 is 44.7 Å². The van der Waals surface area contributed by atoms with Crippen molar-refractivity contribution in [3.63, 3.8) is 0 Å². The predicted molar refractivity (Wildman–Crippen MR) is 115 cm³/mol. The van der Waals surface area contributed by atoms with Gasteiger partial charge in [0.2, 0.25) is 5.91 Å². The number of nitrogens with one attached hydrogen (secondary N) is 1. The minimum absolute atomic E-state index is 0.111. The first-order valence-corrected chi connectivity index (χ1v) is 8.32. The SMILES string of the molecule is C=C(C)C(=O)O.C=C(C)C(=O)O.C=C(C)C(=O)O.C=CC(=O)NC(C)C.OCCO. The Morgan fingerprint density at radius 3 is 1.00 bits per heavy atom. The second-order valence-corrected chi connectivity index (χ2v) is 5.57. The van der Waals surface area contributed by atoms with E-state index >= 15 is 0 Å². The summed E-state index contributed by atoms with van der Waals surface area (Å²) in [7, 11) is 0. The van der Waals surface area contributed by atoms with Crippen LogP contribution in [-0.4, -0.2) is 68.6 Å². The molecule has 0 aromatic heterocycles. The zero-order chi connectivity index (χ0) is 25.4. The van der Waals surface area contributed by atoms with Crippen molar-refractivity contribution >= 4 is 23.8 Å². The lowest BCUT2D eigenvalue weighted by Crippen LogP contribution is -2.27. The van der Waals surface area contributed by atoms with Crippen molar-refractivity contribution in [3.8, 4) is 0 Å². The van der Waals surface area contributed by atoms with Crippen molar-refractivity contribution in [2.24, 2.45) is 0 Å². The molecule has 6 N–H and O–H groups in total. The summed E-state index contributed by atoms with van der Waals surface area (Å²) in [5.74, 6) is -2.92.